The second kappa shape index (κ2) is 10.8. The summed E-state index contributed by atoms with van der Waals surface area (Å²) in [6, 6.07) is 10.3. The number of anilines is 3. The van der Waals surface area contributed by atoms with Crippen molar-refractivity contribution < 1.29 is 9.53 Å². The molecule has 4 N–H and O–H groups in total. The van der Waals surface area contributed by atoms with Crippen molar-refractivity contribution in [2.45, 2.75) is 32.3 Å². The molecule has 1 amide bonds. The van der Waals surface area contributed by atoms with Crippen molar-refractivity contribution in [3.8, 4) is 5.82 Å². The molecule has 4 aromatic heterocycles. The number of carbonyl (C=O) groups excluding carboxylic acids is 1. The number of aromatic nitrogens is 5. The predicted octanol–water partition coefficient (Wildman–Crippen LogP) is 2.73. The van der Waals surface area contributed by atoms with E-state index in [1.54, 1.807) is 55.8 Å². The first-order valence-electron chi connectivity index (χ1n) is 11.4. The van der Waals surface area contributed by atoms with Crippen LogP contribution in [0.15, 0.2) is 59.8 Å². The second-order valence-corrected chi connectivity index (χ2v) is 7.85. The zero-order valence-electron chi connectivity index (χ0n) is 19.6. The van der Waals surface area contributed by atoms with Crippen LogP contribution in [-0.2, 0) is 4.74 Å². The summed E-state index contributed by atoms with van der Waals surface area (Å²) in [5.41, 5.74) is 5.86. The summed E-state index contributed by atoms with van der Waals surface area (Å²) in [5.74, 6) is 0.790. The number of carbonyl (C=O) groups is 1. The van der Waals surface area contributed by atoms with Crippen LogP contribution in [0.3, 0.4) is 0 Å². The monoisotopic (exact) mass is 476 g/mol. The first kappa shape index (κ1) is 23.9. The van der Waals surface area contributed by atoms with Gasteiger partial charge < -0.3 is 21.1 Å². The molecule has 1 fully saturated rings. The topological polar surface area (TPSA) is 141 Å². The van der Waals surface area contributed by atoms with Crippen molar-refractivity contribution in [3.63, 3.8) is 0 Å². The lowest BCUT2D eigenvalue weighted by Gasteiger charge is -2.24. The highest BCUT2D eigenvalue weighted by Crippen LogP contribution is 2.21. The summed E-state index contributed by atoms with van der Waals surface area (Å²) >= 11 is 0. The van der Waals surface area contributed by atoms with E-state index in [0.717, 1.165) is 6.61 Å². The van der Waals surface area contributed by atoms with Gasteiger partial charge in [0.15, 0.2) is 5.65 Å². The number of nitrogens with two attached hydrogens (primary N) is 1. The fraction of sp³-hybridized carbons (Fsp3) is 0.292. The number of hydrogen-bond acceptors (Lipinski definition) is 8. The molecule has 0 unspecified atom stereocenters. The van der Waals surface area contributed by atoms with Crippen molar-refractivity contribution in [1.29, 1.82) is 0 Å². The molecule has 0 atom stereocenters. The first-order chi connectivity index (χ1) is 17.0. The number of hydrogen-bond donors (Lipinski definition) is 3. The lowest BCUT2D eigenvalue weighted by molar-refractivity contribution is 0.00994. The summed E-state index contributed by atoms with van der Waals surface area (Å²) in [5, 5.41) is 10.1. The van der Waals surface area contributed by atoms with Gasteiger partial charge in [0.1, 0.15) is 28.7 Å². The van der Waals surface area contributed by atoms with Crippen molar-refractivity contribution in [2.75, 3.05) is 24.3 Å². The highest BCUT2D eigenvalue weighted by Gasteiger charge is 2.16. The Labute approximate surface area is 202 Å². The predicted molar refractivity (Wildman–Crippen MR) is 133 cm³/mol. The highest BCUT2D eigenvalue weighted by molar-refractivity contribution is 5.98. The minimum absolute atomic E-state index is 0.180. The Morgan fingerprint density at radius 2 is 2.09 bits per heavy atom. The molecule has 0 saturated heterocycles. The van der Waals surface area contributed by atoms with E-state index in [1.807, 2.05) is 0 Å². The number of nitrogens with one attached hydrogen (secondary N) is 2. The molecule has 11 nitrogen and oxygen atoms in total. The van der Waals surface area contributed by atoms with Gasteiger partial charge in [-0.1, -0.05) is 6.07 Å². The Bertz CT molecular complexity index is 1360. The molecule has 0 aliphatic heterocycles. The lowest BCUT2D eigenvalue weighted by atomic mass is 9.96. The molecule has 5 rings (SSSR count). The normalized spacial score (nSPS) is 13.0. The van der Waals surface area contributed by atoms with E-state index in [9.17, 15) is 9.59 Å². The summed E-state index contributed by atoms with van der Waals surface area (Å²) in [6.07, 6.45) is 9.21. The minimum atomic E-state index is -0.640. The minimum Gasteiger partial charge on any atom is -0.379 e. The van der Waals surface area contributed by atoms with Crippen molar-refractivity contribution >= 4 is 28.9 Å². The van der Waals surface area contributed by atoms with E-state index in [4.69, 9.17) is 10.5 Å². The Balaban J connectivity index is 0.000000356. The van der Waals surface area contributed by atoms with E-state index >= 15 is 0 Å². The van der Waals surface area contributed by atoms with Crippen LogP contribution in [0.2, 0.25) is 0 Å². The van der Waals surface area contributed by atoms with Gasteiger partial charge in [0.25, 0.3) is 11.5 Å². The average Bonchev–Trinajstić information content (AvgIpc) is 3.28. The number of ether oxygens (including phenoxy) is 1. The molecule has 0 bridgehead atoms. The molecule has 0 spiro atoms. The molecule has 182 valence electrons. The Hall–Kier alpha value is -4.25. The molecule has 0 aromatic carbocycles. The number of fused-ring (bicyclic) bond motifs is 1. The Kier molecular flexibility index (Phi) is 7.36. The van der Waals surface area contributed by atoms with E-state index in [0.29, 0.717) is 29.2 Å². The third kappa shape index (κ3) is 5.30. The molecule has 1 saturated carbocycles. The molecular weight excluding hydrogens is 448 g/mol. The van der Waals surface area contributed by atoms with E-state index < -0.39 is 5.91 Å². The Morgan fingerprint density at radius 3 is 2.69 bits per heavy atom. The summed E-state index contributed by atoms with van der Waals surface area (Å²) in [6.45, 7) is 2.95. The van der Waals surface area contributed by atoms with Crippen LogP contribution in [0.4, 0.5) is 17.3 Å². The van der Waals surface area contributed by atoms with Gasteiger partial charge in [0, 0.05) is 32.1 Å². The molecule has 4 aromatic rings. The third-order valence-corrected chi connectivity index (χ3v) is 5.55. The number of primary amides is 1. The standard InChI is InChI=1S/C18H16N8O2.C6H12O/c1-20-15-9-13(24-17-11(16(19)27)10-22-26(15)17)23-12-5-4-8-25(18(12)28)14-6-2-3-7-21-14;1-2-7-6-4-3-5-6/h2-10,20H,1H3,(H2,19,27)(H,23,24);6H,2-5H2,1H3. The van der Waals surface area contributed by atoms with Crippen molar-refractivity contribution in [2.24, 2.45) is 5.73 Å². The maximum absolute atomic E-state index is 12.8. The molecule has 35 heavy (non-hydrogen) atoms. The maximum Gasteiger partial charge on any atom is 0.279 e. The van der Waals surface area contributed by atoms with Crippen LogP contribution in [0.25, 0.3) is 11.5 Å². The van der Waals surface area contributed by atoms with Gasteiger partial charge in [-0.2, -0.15) is 9.61 Å². The van der Waals surface area contributed by atoms with Gasteiger partial charge in [-0.3, -0.25) is 14.2 Å². The molecular formula is C24H28N8O3. The fourth-order valence-corrected chi connectivity index (χ4v) is 3.56. The average molecular weight is 477 g/mol. The van der Waals surface area contributed by atoms with Gasteiger partial charge >= 0.3 is 0 Å². The number of rotatable bonds is 7. The summed E-state index contributed by atoms with van der Waals surface area (Å²) in [4.78, 5) is 33.1. The van der Waals surface area contributed by atoms with Crippen LogP contribution >= 0.6 is 0 Å². The van der Waals surface area contributed by atoms with Crippen LogP contribution in [0, 0.1) is 0 Å². The maximum atomic E-state index is 12.8. The summed E-state index contributed by atoms with van der Waals surface area (Å²) < 4.78 is 8.16. The van der Waals surface area contributed by atoms with Crippen LogP contribution in [-0.4, -0.2) is 49.8 Å². The Morgan fingerprint density at radius 1 is 1.26 bits per heavy atom. The largest absolute Gasteiger partial charge is 0.379 e. The molecule has 1 aliphatic carbocycles. The zero-order chi connectivity index (χ0) is 24.8. The van der Waals surface area contributed by atoms with Gasteiger partial charge in [0.2, 0.25) is 0 Å². The second-order valence-electron chi connectivity index (χ2n) is 7.85. The van der Waals surface area contributed by atoms with Crippen molar-refractivity contribution in [1.82, 2.24) is 24.1 Å². The fourth-order valence-electron chi connectivity index (χ4n) is 3.56. The van der Waals surface area contributed by atoms with Crippen molar-refractivity contribution in [3.05, 3.63) is 70.9 Å². The third-order valence-electron chi connectivity index (χ3n) is 5.55. The summed E-state index contributed by atoms with van der Waals surface area (Å²) in [7, 11) is 1.71. The first-order valence-corrected chi connectivity index (χ1v) is 11.4. The van der Waals surface area contributed by atoms with Crippen LogP contribution in [0.1, 0.15) is 36.5 Å². The molecule has 4 heterocycles. The highest BCUT2D eigenvalue weighted by atomic mass is 16.5. The number of nitrogens with zero attached hydrogens (tertiary/aromatic N) is 5. The molecule has 0 radical (unpaired) electrons. The number of amides is 1. The van der Waals surface area contributed by atoms with E-state index in [-0.39, 0.29) is 16.8 Å². The van der Waals surface area contributed by atoms with Gasteiger partial charge in [0.05, 0.1) is 12.3 Å². The SMILES string of the molecule is CCOC1CCC1.CNc1cc(Nc2cccn(-c3ccccn3)c2=O)nc2c(C(N)=O)cnn12. The zero-order valence-corrected chi connectivity index (χ0v) is 19.6. The van der Waals surface area contributed by atoms with Crippen LogP contribution in [0.5, 0.6) is 0 Å². The van der Waals surface area contributed by atoms with Gasteiger partial charge in [-0.25, -0.2) is 9.97 Å². The van der Waals surface area contributed by atoms with Gasteiger partial charge in [-0.15, -0.1) is 0 Å². The quantitative estimate of drug-likeness (QED) is 0.370. The van der Waals surface area contributed by atoms with E-state index in [2.05, 4.69) is 32.6 Å². The smallest absolute Gasteiger partial charge is 0.279 e. The number of pyridine rings is 2. The van der Waals surface area contributed by atoms with Crippen LogP contribution < -0.4 is 21.9 Å². The lowest BCUT2D eigenvalue weighted by Crippen LogP contribution is -2.21. The van der Waals surface area contributed by atoms with E-state index in [1.165, 1.54) is 34.5 Å². The van der Waals surface area contributed by atoms with Gasteiger partial charge in [-0.05, 0) is 50.5 Å². The molecule has 11 heteroatoms. The molecule has 1 aliphatic rings.